The predicted octanol–water partition coefficient (Wildman–Crippen LogP) is 1.88. The van der Waals surface area contributed by atoms with E-state index in [-0.39, 0.29) is 18.7 Å². The molecule has 0 spiro atoms. The van der Waals surface area contributed by atoms with Crippen molar-refractivity contribution >= 4 is 11.9 Å². The molecular weight excluding hydrogens is 291 g/mol. The second kappa shape index (κ2) is 7.07. The Hall–Kier alpha value is -2.09. The summed E-state index contributed by atoms with van der Waals surface area (Å²) in [6, 6.07) is 3.85. The summed E-state index contributed by atoms with van der Waals surface area (Å²) in [6.07, 6.45) is -4.57. The number of methoxy groups -OCH3 is 1. The summed E-state index contributed by atoms with van der Waals surface area (Å²) in [5.74, 6) is -2.05. The van der Waals surface area contributed by atoms with Gasteiger partial charge in [-0.25, -0.2) is 0 Å². The largest absolute Gasteiger partial charge is 0.480 e. The number of carboxylic acids is 1. The van der Waals surface area contributed by atoms with E-state index in [9.17, 15) is 22.8 Å². The molecule has 8 heteroatoms. The zero-order valence-electron chi connectivity index (χ0n) is 11.2. The van der Waals surface area contributed by atoms with Gasteiger partial charge in [0.1, 0.15) is 6.54 Å². The van der Waals surface area contributed by atoms with E-state index in [1.165, 1.54) is 13.2 Å². The van der Waals surface area contributed by atoms with Gasteiger partial charge in [0.25, 0.3) is 5.91 Å². The standard InChI is InChI=1S/C13H14F3NO4/c1-21-6-5-17(8-11(18)19)12(20)9-3-2-4-10(7-9)13(14,15)16/h2-4,7H,5-6,8H2,1H3,(H,18,19). The van der Waals surface area contributed by atoms with Crippen molar-refractivity contribution in [1.29, 1.82) is 0 Å². The Labute approximate surface area is 118 Å². The van der Waals surface area contributed by atoms with Crippen LogP contribution in [0, 0.1) is 0 Å². The molecule has 0 saturated carbocycles. The van der Waals surface area contributed by atoms with E-state index in [1.807, 2.05) is 0 Å². The minimum atomic E-state index is -4.57. The van der Waals surface area contributed by atoms with Crippen molar-refractivity contribution in [2.24, 2.45) is 0 Å². The number of nitrogens with zero attached hydrogens (tertiary/aromatic N) is 1. The molecule has 0 aromatic heterocycles. The van der Waals surface area contributed by atoms with E-state index in [0.717, 1.165) is 17.0 Å². The van der Waals surface area contributed by atoms with Crippen molar-refractivity contribution in [1.82, 2.24) is 4.90 Å². The maximum Gasteiger partial charge on any atom is 0.416 e. The second-order valence-electron chi connectivity index (χ2n) is 4.19. The number of alkyl halides is 3. The van der Waals surface area contributed by atoms with Crippen molar-refractivity contribution in [3.63, 3.8) is 0 Å². The lowest BCUT2D eigenvalue weighted by Gasteiger charge is -2.20. The van der Waals surface area contributed by atoms with Crippen LogP contribution in [0.4, 0.5) is 13.2 Å². The van der Waals surface area contributed by atoms with Crippen LogP contribution in [0.1, 0.15) is 15.9 Å². The fourth-order valence-corrected chi connectivity index (χ4v) is 1.63. The van der Waals surface area contributed by atoms with Crippen LogP contribution < -0.4 is 0 Å². The van der Waals surface area contributed by atoms with Gasteiger partial charge in [0.05, 0.1) is 12.2 Å². The van der Waals surface area contributed by atoms with Gasteiger partial charge in [-0.2, -0.15) is 13.2 Å². The van der Waals surface area contributed by atoms with E-state index < -0.39 is 30.2 Å². The quantitative estimate of drug-likeness (QED) is 0.871. The highest BCUT2D eigenvalue weighted by atomic mass is 19.4. The predicted molar refractivity (Wildman–Crippen MR) is 66.9 cm³/mol. The lowest BCUT2D eigenvalue weighted by atomic mass is 10.1. The number of hydrogen-bond acceptors (Lipinski definition) is 3. The number of ether oxygens (including phenoxy) is 1. The number of carboxylic acid groups (broad SMARTS) is 1. The van der Waals surface area contributed by atoms with Crippen molar-refractivity contribution in [3.8, 4) is 0 Å². The van der Waals surface area contributed by atoms with Crippen LogP contribution >= 0.6 is 0 Å². The van der Waals surface area contributed by atoms with Gasteiger partial charge in [0, 0.05) is 19.2 Å². The van der Waals surface area contributed by atoms with Gasteiger partial charge in [-0.15, -0.1) is 0 Å². The molecule has 0 atom stereocenters. The summed E-state index contributed by atoms with van der Waals surface area (Å²) in [4.78, 5) is 23.7. The molecule has 0 heterocycles. The van der Waals surface area contributed by atoms with Gasteiger partial charge >= 0.3 is 12.1 Å². The summed E-state index contributed by atoms with van der Waals surface area (Å²) in [6.45, 7) is -0.561. The van der Waals surface area contributed by atoms with Crippen LogP contribution in [0.15, 0.2) is 24.3 Å². The zero-order valence-corrected chi connectivity index (χ0v) is 11.2. The van der Waals surface area contributed by atoms with E-state index in [1.54, 1.807) is 0 Å². The molecule has 1 aromatic rings. The SMILES string of the molecule is COCCN(CC(=O)O)C(=O)c1cccc(C(F)(F)F)c1. The summed E-state index contributed by atoms with van der Waals surface area (Å²) in [5, 5.41) is 8.75. The average Bonchev–Trinajstić information content (AvgIpc) is 2.41. The van der Waals surface area contributed by atoms with Crippen LogP contribution in [0.3, 0.4) is 0 Å². The maximum absolute atomic E-state index is 12.6. The first-order valence-electron chi connectivity index (χ1n) is 5.93. The molecular formula is C13H14F3NO4. The van der Waals surface area contributed by atoms with Crippen LogP contribution in [0.2, 0.25) is 0 Å². The van der Waals surface area contributed by atoms with Gasteiger partial charge in [-0.1, -0.05) is 6.07 Å². The van der Waals surface area contributed by atoms with Gasteiger partial charge in [0.15, 0.2) is 0 Å². The smallest absolute Gasteiger partial charge is 0.416 e. The highest BCUT2D eigenvalue weighted by Crippen LogP contribution is 2.29. The second-order valence-corrected chi connectivity index (χ2v) is 4.19. The summed E-state index contributed by atoms with van der Waals surface area (Å²) >= 11 is 0. The molecule has 0 aliphatic rings. The summed E-state index contributed by atoms with van der Waals surface area (Å²) < 4.78 is 42.6. The molecule has 116 valence electrons. The first kappa shape index (κ1) is 17.0. The van der Waals surface area contributed by atoms with Crippen molar-refractivity contribution in [2.75, 3.05) is 26.8 Å². The molecule has 0 bridgehead atoms. The Morgan fingerprint density at radius 3 is 2.52 bits per heavy atom. The minimum absolute atomic E-state index is 0.0299. The molecule has 1 N–H and O–H groups in total. The highest BCUT2D eigenvalue weighted by Gasteiger charge is 2.31. The number of aliphatic carboxylic acids is 1. The zero-order chi connectivity index (χ0) is 16.0. The van der Waals surface area contributed by atoms with Gasteiger partial charge in [-0.05, 0) is 18.2 Å². The van der Waals surface area contributed by atoms with E-state index in [0.29, 0.717) is 6.07 Å². The fraction of sp³-hybridized carbons (Fsp3) is 0.385. The lowest BCUT2D eigenvalue weighted by Crippen LogP contribution is -2.38. The number of amides is 1. The molecule has 1 amide bonds. The van der Waals surface area contributed by atoms with Crippen molar-refractivity contribution in [3.05, 3.63) is 35.4 Å². The third-order valence-electron chi connectivity index (χ3n) is 2.62. The minimum Gasteiger partial charge on any atom is -0.480 e. The Bertz CT molecular complexity index is 516. The van der Waals surface area contributed by atoms with Crippen LogP contribution in [0.5, 0.6) is 0 Å². The highest BCUT2D eigenvalue weighted by molar-refractivity contribution is 5.96. The van der Waals surface area contributed by atoms with E-state index >= 15 is 0 Å². The Balaban J connectivity index is 3.00. The summed E-state index contributed by atoms with van der Waals surface area (Å²) in [5.41, 5.74) is -1.18. The molecule has 0 unspecified atom stereocenters. The van der Waals surface area contributed by atoms with Crippen molar-refractivity contribution in [2.45, 2.75) is 6.18 Å². The first-order valence-corrected chi connectivity index (χ1v) is 5.93. The number of benzene rings is 1. The number of halogens is 3. The van der Waals surface area contributed by atoms with Crippen LogP contribution in [-0.2, 0) is 15.7 Å². The molecule has 5 nitrogen and oxygen atoms in total. The first-order chi connectivity index (χ1) is 9.75. The molecule has 0 fully saturated rings. The van der Waals surface area contributed by atoms with Gasteiger partial charge in [0.2, 0.25) is 0 Å². The molecule has 0 saturated heterocycles. The molecule has 0 radical (unpaired) electrons. The van der Waals surface area contributed by atoms with E-state index in [4.69, 9.17) is 9.84 Å². The van der Waals surface area contributed by atoms with Gasteiger partial charge < -0.3 is 14.7 Å². The molecule has 1 aromatic carbocycles. The Morgan fingerprint density at radius 1 is 1.33 bits per heavy atom. The monoisotopic (exact) mass is 305 g/mol. The average molecular weight is 305 g/mol. The lowest BCUT2D eigenvalue weighted by molar-refractivity contribution is -0.138. The molecule has 21 heavy (non-hydrogen) atoms. The third kappa shape index (κ3) is 5.07. The topological polar surface area (TPSA) is 66.8 Å². The van der Waals surface area contributed by atoms with Crippen LogP contribution in [-0.4, -0.2) is 48.7 Å². The normalized spacial score (nSPS) is 11.2. The molecule has 0 aliphatic heterocycles. The number of hydrogen-bond donors (Lipinski definition) is 1. The summed E-state index contributed by atoms with van der Waals surface area (Å²) in [7, 11) is 1.37. The number of carbonyl (C=O) groups is 2. The number of rotatable bonds is 6. The van der Waals surface area contributed by atoms with Crippen LogP contribution in [0.25, 0.3) is 0 Å². The fourth-order valence-electron chi connectivity index (χ4n) is 1.63. The van der Waals surface area contributed by atoms with E-state index in [2.05, 4.69) is 0 Å². The Morgan fingerprint density at radius 2 is 2.00 bits per heavy atom. The third-order valence-corrected chi connectivity index (χ3v) is 2.62. The maximum atomic E-state index is 12.6. The molecule has 0 aliphatic carbocycles. The molecule has 1 rings (SSSR count). The number of carbonyl (C=O) groups excluding carboxylic acids is 1. The Kier molecular flexibility index (Phi) is 5.71. The van der Waals surface area contributed by atoms with Crippen molar-refractivity contribution < 1.29 is 32.6 Å². The van der Waals surface area contributed by atoms with Gasteiger partial charge in [-0.3, -0.25) is 9.59 Å².